The van der Waals surface area contributed by atoms with Crippen molar-refractivity contribution in [2.75, 3.05) is 6.54 Å². The van der Waals surface area contributed by atoms with Gasteiger partial charge in [0.15, 0.2) is 0 Å². The Morgan fingerprint density at radius 2 is 1.78 bits per heavy atom. The lowest BCUT2D eigenvalue weighted by molar-refractivity contribution is 0.396. The van der Waals surface area contributed by atoms with Crippen LogP contribution in [-0.2, 0) is 10.0 Å². The summed E-state index contributed by atoms with van der Waals surface area (Å²) in [6.45, 7) is 0.360. The normalized spacial score (nSPS) is 19.2. The topological polar surface area (TPSA) is 37.4 Å². The van der Waals surface area contributed by atoms with E-state index in [9.17, 15) is 17.2 Å². The molecule has 7 heteroatoms. The zero-order valence-electron chi connectivity index (χ0n) is 12.0. The molecule has 0 saturated carbocycles. The van der Waals surface area contributed by atoms with Crippen LogP contribution < -0.4 is 0 Å². The lowest BCUT2D eigenvalue weighted by atomic mass is 10.1. The number of hydrogen-bond donors (Lipinski definition) is 0. The van der Waals surface area contributed by atoms with E-state index < -0.39 is 27.7 Å². The van der Waals surface area contributed by atoms with E-state index in [1.165, 1.54) is 28.6 Å². The summed E-state index contributed by atoms with van der Waals surface area (Å²) in [5.74, 6) is -1.03. The SMILES string of the molecule is O=S(=O)(c1ccc(F)cc1)N1CCC[C@H]1c1ccc(F)c(Cl)c1. The molecule has 122 valence electrons. The second-order valence-electron chi connectivity index (χ2n) is 5.40. The molecule has 23 heavy (non-hydrogen) atoms. The van der Waals surface area contributed by atoms with Gasteiger partial charge in [-0.2, -0.15) is 4.31 Å². The Hall–Kier alpha value is -1.50. The number of benzene rings is 2. The standard InChI is InChI=1S/C16H14ClF2NO2S/c17-14-10-11(3-8-15(14)19)16-2-1-9-20(16)23(21,22)13-6-4-12(18)5-7-13/h3-8,10,16H,1-2,9H2/t16-/m0/s1. The summed E-state index contributed by atoms with van der Waals surface area (Å²) < 4.78 is 53.3. The molecule has 0 N–H and O–H groups in total. The smallest absolute Gasteiger partial charge is 0.207 e. The Balaban J connectivity index is 1.97. The van der Waals surface area contributed by atoms with Crippen LogP contribution in [0.2, 0.25) is 5.02 Å². The number of halogens is 3. The molecule has 1 saturated heterocycles. The van der Waals surface area contributed by atoms with E-state index in [0.717, 1.165) is 12.1 Å². The molecule has 1 aliphatic heterocycles. The highest BCUT2D eigenvalue weighted by Crippen LogP contribution is 2.37. The third-order valence-corrected chi connectivity index (χ3v) is 6.16. The molecule has 0 unspecified atom stereocenters. The number of sulfonamides is 1. The fourth-order valence-corrected chi connectivity index (χ4v) is 4.69. The van der Waals surface area contributed by atoms with Crippen LogP contribution in [-0.4, -0.2) is 19.3 Å². The van der Waals surface area contributed by atoms with Crippen LogP contribution in [0.3, 0.4) is 0 Å². The summed E-state index contributed by atoms with van der Waals surface area (Å²) >= 11 is 5.80. The van der Waals surface area contributed by atoms with Gasteiger partial charge in [-0.05, 0) is 54.8 Å². The lowest BCUT2D eigenvalue weighted by Crippen LogP contribution is -2.30. The van der Waals surface area contributed by atoms with Gasteiger partial charge in [-0.1, -0.05) is 17.7 Å². The molecule has 1 aliphatic rings. The monoisotopic (exact) mass is 357 g/mol. The van der Waals surface area contributed by atoms with E-state index in [2.05, 4.69) is 0 Å². The van der Waals surface area contributed by atoms with Crippen LogP contribution in [0.4, 0.5) is 8.78 Å². The van der Waals surface area contributed by atoms with Crippen LogP contribution >= 0.6 is 11.6 Å². The summed E-state index contributed by atoms with van der Waals surface area (Å²) in [6, 6.07) is 8.57. The first-order chi connectivity index (χ1) is 10.9. The minimum atomic E-state index is -3.75. The highest BCUT2D eigenvalue weighted by atomic mass is 35.5. The Bertz CT molecular complexity index is 824. The zero-order valence-corrected chi connectivity index (χ0v) is 13.6. The molecule has 0 radical (unpaired) electrons. The van der Waals surface area contributed by atoms with Gasteiger partial charge in [0.05, 0.1) is 16.0 Å². The maximum Gasteiger partial charge on any atom is 0.243 e. The third-order valence-electron chi connectivity index (χ3n) is 3.95. The lowest BCUT2D eigenvalue weighted by Gasteiger charge is -2.24. The van der Waals surface area contributed by atoms with Gasteiger partial charge in [0, 0.05) is 6.54 Å². The molecule has 0 amide bonds. The van der Waals surface area contributed by atoms with Gasteiger partial charge in [0.2, 0.25) is 10.0 Å². The van der Waals surface area contributed by atoms with E-state index >= 15 is 0 Å². The highest BCUT2D eigenvalue weighted by molar-refractivity contribution is 7.89. The van der Waals surface area contributed by atoms with E-state index in [1.807, 2.05) is 0 Å². The molecule has 2 aromatic rings. The van der Waals surface area contributed by atoms with Gasteiger partial charge in [0.1, 0.15) is 11.6 Å². The summed E-state index contributed by atoms with van der Waals surface area (Å²) in [4.78, 5) is 0.0407. The average molecular weight is 358 g/mol. The van der Waals surface area contributed by atoms with Crippen molar-refractivity contribution >= 4 is 21.6 Å². The van der Waals surface area contributed by atoms with Gasteiger partial charge in [-0.3, -0.25) is 0 Å². The fraction of sp³-hybridized carbons (Fsp3) is 0.250. The minimum Gasteiger partial charge on any atom is -0.207 e. The molecule has 0 aliphatic carbocycles. The summed E-state index contributed by atoms with van der Waals surface area (Å²) in [5, 5.41) is -0.0338. The van der Waals surface area contributed by atoms with Crippen LogP contribution in [0, 0.1) is 11.6 Å². The molecule has 2 aromatic carbocycles. The molecule has 3 rings (SSSR count). The van der Waals surface area contributed by atoms with Crippen LogP contribution in [0.25, 0.3) is 0 Å². The van der Waals surface area contributed by atoms with Crippen LogP contribution in [0.15, 0.2) is 47.4 Å². The summed E-state index contributed by atoms with van der Waals surface area (Å²) in [6.07, 6.45) is 1.32. The van der Waals surface area contributed by atoms with Gasteiger partial charge in [-0.25, -0.2) is 17.2 Å². The molecule has 1 heterocycles. The minimum absolute atomic E-state index is 0.0338. The molecule has 0 spiro atoms. The Morgan fingerprint density at radius 1 is 1.09 bits per heavy atom. The predicted octanol–water partition coefficient (Wildman–Crippen LogP) is 4.14. The van der Waals surface area contributed by atoms with Gasteiger partial charge >= 0.3 is 0 Å². The van der Waals surface area contributed by atoms with Crippen LogP contribution in [0.1, 0.15) is 24.4 Å². The second kappa shape index (κ2) is 6.19. The van der Waals surface area contributed by atoms with Crippen molar-refractivity contribution in [3.8, 4) is 0 Å². The van der Waals surface area contributed by atoms with E-state index in [0.29, 0.717) is 24.9 Å². The Morgan fingerprint density at radius 3 is 2.43 bits per heavy atom. The molecule has 1 atom stereocenters. The molecule has 1 fully saturated rings. The van der Waals surface area contributed by atoms with E-state index in [4.69, 9.17) is 11.6 Å². The number of hydrogen-bond acceptors (Lipinski definition) is 2. The molecule has 3 nitrogen and oxygen atoms in total. The van der Waals surface area contributed by atoms with E-state index in [1.54, 1.807) is 6.07 Å². The molecule has 0 aromatic heterocycles. The molecular formula is C16H14ClF2NO2S. The predicted molar refractivity (Wildman–Crippen MR) is 83.7 cm³/mol. The van der Waals surface area contributed by atoms with Crippen molar-refractivity contribution in [1.82, 2.24) is 4.31 Å². The maximum absolute atomic E-state index is 13.3. The Kier molecular flexibility index (Phi) is 4.40. The van der Waals surface area contributed by atoms with Crippen molar-refractivity contribution in [1.29, 1.82) is 0 Å². The molecular weight excluding hydrogens is 344 g/mol. The summed E-state index contributed by atoms with van der Waals surface area (Å²) in [7, 11) is -3.75. The van der Waals surface area contributed by atoms with Gasteiger partial charge < -0.3 is 0 Å². The van der Waals surface area contributed by atoms with Crippen LogP contribution in [0.5, 0.6) is 0 Å². The quantitative estimate of drug-likeness (QED) is 0.827. The first kappa shape index (κ1) is 16.4. The highest BCUT2D eigenvalue weighted by Gasteiger charge is 2.36. The van der Waals surface area contributed by atoms with E-state index in [-0.39, 0.29) is 9.92 Å². The second-order valence-corrected chi connectivity index (χ2v) is 7.70. The zero-order chi connectivity index (χ0) is 16.6. The summed E-state index contributed by atoms with van der Waals surface area (Å²) in [5.41, 5.74) is 0.652. The average Bonchev–Trinajstić information content (AvgIpc) is 3.01. The Labute approximate surface area is 138 Å². The third kappa shape index (κ3) is 3.11. The fourth-order valence-electron chi connectivity index (χ4n) is 2.82. The number of nitrogens with zero attached hydrogens (tertiary/aromatic N) is 1. The first-order valence-corrected chi connectivity index (χ1v) is 8.94. The van der Waals surface area contributed by atoms with Gasteiger partial charge in [-0.15, -0.1) is 0 Å². The largest absolute Gasteiger partial charge is 0.243 e. The number of rotatable bonds is 3. The van der Waals surface area contributed by atoms with Crippen molar-refractivity contribution < 1.29 is 17.2 Å². The van der Waals surface area contributed by atoms with Crippen molar-refractivity contribution in [3.05, 3.63) is 64.7 Å². The van der Waals surface area contributed by atoms with Crippen molar-refractivity contribution in [3.63, 3.8) is 0 Å². The maximum atomic E-state index is 13.3. The van der Waals surface area contributed by atoms with Gasteiger partial charge in [0.25, 0.3) is 0 Å². The molecule has 0 bridgehead atoms. The van der Waals surface area contributed by atoms with Crippen molar-refractivity contribution in [2.24, 2.45) is 0 Å². The first-order valence-electron chi connectivity index (χ1n) is 7.12. The van der Waals surface area contributed by atoms with Crippen molar-refractivity contribution in [2.45, 2.75) is 23.8 Å².